The molecule has 1 heterocycles. The van der Waals surface area contributed by atoms with Crippen LogP contribution in [0.2, 0.25) is 5.02 Å². The van der Waals surface area contributed by atoms with Gasteiger partial charge in [0.1, 0.15) is 5.75 Å². The highest BCUT2D eigenvalue weighted by Crippen LogP contribution is 2.42. The molecule has 0 spiro atoms. The van der Waals surface area contributed by atoms with E-state index in [0.717, 1.165) is 16.5 Å². The van der Waals surface area contributed by atoms with E-state index in [-0.39, 0.29) is 5.91 Å². The lowest BCUT2D eigenvalue weighted by Crippen LogP contribution is -2.35. The fourth-order valence-corrected chi connectivity index (χ4v) is 2.86. The average Bonchev–Trinajstić information content (AvgIpc) is 3.17. The van der Waals surface area contributed by atoms with Crippen molar-refractivity contribution < 1.29 is 9.53 Å². The van der Waals surface area contributed by atoms with E-state index in [1.54, 1.807) is 30.5 Å². The second kappa shape index (κ2) is 5.53. The van der Waals surface area contributed by atoms with Crippen molar-refractivity contribution in [1.29, 1.82) is 0 Å². The number of hydrogen-bond donors (Lipinski definition) is 2. The molecule has 3 aromatic rings. The minimum absolute atomic E-state index is 0.141. The van der Waals surface area contributed by atoms with Crippen molar-refractivity contribution in [3.8, 4) is 5.75 Å². The Balaban J connectivity index is 1.56. The summed E-state index contributed by atoms with van der Waals surface area (Å²) in [5.41, 5.74) is 1.84. The predicted molar refractivity (Wildman–Crippen MR) is 93.5 cm³/mol. The van der Waals surface area contributed by atoms with Gasteiger partial charge in [0.15, 0.2) is 5.60 Å². The summed E-state index contributed by atoms with van der Waals surface area (Å²) in [4.78, 5) is 12.7. The fraction of sp³-hybridized carbons (Fsp3) is 0.222. The molecule has 5 nitrogen and oxygen atoms in total. The maximum absolute atomic E-state index is 12.7. The predicted octanol–water partition coefficient (Wildman–Crippen LogP) is 4.07. The fourth-order valence-electron chi connectivity index (χ4n) is 2.73. The van der Waals surface area contributed by atoms with Gasteiger partial charge in [0.25, 0.3) is 5.91 Å². The van der Waals surface area contributed by atoms with Crippen molar-refractivity contribution >= 4 is 34.1 Å². The van der Waals surface area contributed by atoms with Crippen LogP contribution in [0, 0.1) is 6.92 Å². The number of aryl methyl sites for hydroxylation is 1. The summed E-state index contributed by atoms with van der Waals surface area (Å²) in [5.74, 6) is 0.500. The standard InChI is InChI=1S/C18H16ClN3O2/c1-11-2-7-15(16-14(11)10-20-22-16)21-17(23)18(8-9-18)24-13-5-3-12(19)4-6-13/h2-7,10H,8-9H2,1H3,(H,20,22)(H,21,23). The SMILES string of the molecule is Cc1ccc(NC(=O)C2(Oc3ccc(Cl)cc3)CC2)c2[nH]ncc12. The number of carbonyl (C=O) groups is 1. The molecule has 2 N–H and O–H groups in total. The van der Waals surface area contributed by atoms with Gasteiger partial charge in [-0.2, -0.15) is 5.10 Å². The summed E-state index contributed by atoms with van der Waals surface area (Å²) in [6.07, 6.45) is 3.15. The second-order valence-electron chi connectivity index (χ2n) is 6.09. The van der Waals surface area contributed by atoms with Gasteiger partial charge in [-0.25, -0.2) is 0 Å². The van der Waals surface area contributed by atoms with Crippen LogP contribution in [0.1, 0.15) is 18.4 Å². The first-order chi connectivity index (χ1) is 11.6. The number of fused-ring (bicyclic) bond motifs is 1. The van der Waals surface area contributed by atoms with Crippen molar-refractivity contribution in [1.82, 2.24) is 10.2 Å². The molecule has 1 aliphatic carbocycles. The van der Waals surface area contributed by atoms with Gasteiger partial charge < -0.3 is 10.1 Å². The van der Waals surface area contributed by atoms with E-state index >= 15 is 0 Å². The van der Waals surface area contributed by atoms with E-state index < -0.39 is 5.60 Å². The highest BCUT2D eigenvalue weighted by molar-refractivity contribution is 6.30. The Morgan fingerprint density at radius 3 is 2.71 bits per heavy atom. The molecule has 0 saturated heterocycles. The minimum atomic E-state index is -0.801. The molecular weight excluding hydrogens is 326 g/mol. The molecule has 1 aliphatic rings. The van der Waals surface area contributed by atoms with Crippen LogP contribution < -0.4 is 10.1 Å². The molecule has 6 heteroatoms. The molecule has 1 saturated carbocycles. The Hall–Kier alpha value is -2.53. The lowest BCUT2D eigenvalue weighted by Gasteiger charge is -2.18. The number of benzene rings is 2. The van der Waals surface area contributed by atoms with E-state index in [1.165, 1.54) is 0 Å². The smallest absolute Gasteiger partial charge is 0.268 e. The van der Waals surface area contributed by atoms with Crippen LogP contribution >= 0.6 is 11.6 Å². The summed E-state index contributed by atoms with van der Waals surface area (Å²) in [7, 11) is 0. The monoisotopic (exact) mass is 341 g/mol. The number of amides is 1. The second-order valence-corrected chi connectivity index (χ2v) is 6.53. The third-order valence-corrected chi connectivity index (χ3v) is 4.58. The zero-order valence-electron chi connectivity index (χ0n) is 13.1. The molecule has 0 bridgehead atoms. The highest BCUT2D eigenvalue weighted by Gasteiger charge is 2.53. The average molecular weight is 342 g/mol. The molecule has 1 fully saturated rings. The van der Waals surface area contributed by atoms with Crippen LogP contribution in [0.4, 0.5) is 5.69 Å². The van der Waals surface area contributed by atoms with E-state index in [0.29, 0.717) is 29.3 Å². The Kier molecular flexibility index (Phi) is 3.46. The van der Waals surface area contributed by atoms with Crippen molar-refractivity contribution in [2.24, 2.45) is 0 Å². The van der Waals surface area contributed by atoms with E-state index in [2.05, 4.69) is 15.5 Å². The maximum Gasteiger partial charge on any atom is 0.268 e. The number of nitrogens with zero attached hydrogens (tertiary/aromatic N) is 1. The van der Waals surface area contributed by atoms with Crippen molar-refractivity contribution in [2.75, 3.05) is 5.32 Å². The molecule has 4 rings (SSSR count). The van der Waals surface area contributed by atoms with Crippen LogP contribution in [0.25, 0.3) is 10.9 Å². The number of nitrogens with one attached hydrogen (secondary N) is 2. The molecular formula is C18H16ClN3O2. The van der Waals surface area contributed by atoms with Crippen LogP contribution in [-0.4, -0.2) is 21.7 Å². The highest BCUT2D eigenvalue weighted by atomic mass is 35.5. The quantitative estimate of drug-likeness (QED) is 0.751. The first kappa shape index (κ1) is 15.0. The maximum atomic E-state index is 12.7. The number of halogens is 1. The zero-order chi connectivity index (χ0) is 16.7. The van der Waals surface area contributed by atoms with Crippen LogP contribution in [0.5, 0.6) is 5.75 Å². The Morgan fingerprint density at radius 1 is 1.25 bits per heavy atom. The molecule has 122 valence electrons. The number of carbonyl (C=O) groups excluding carboxylic acids is 1. The Labute approximate surface area is 144 Å². The number of anilines is 1. The third-order valence-electron chi connectivity index (χ3n) is 4.33. The van der Waals surface area contributed by atoms with Crippen LogP contribution in [0.3, 0.4) is 0 Å². The van der Waals surface area contributed by atoms with E-state index in [9.17, 15) is 4.79 Å². The third kappa shape index (κ3) is 2.61. The van der Waals surface area contributed by atoms with E-state index in [1.807, 2.05) is 19.1 Å². The van der Waals surface area contributed by atoms with Gasteiger partial charge in [0.2, 0.25) is 0 Å². The number of aromatic amines is 1. The van der Waals surface area contributed by atoms with Gasteiger partial charge in [0.05, 0.1) is 17.4 Å². The molecule has 2 aromatic carbocycles. The summed E-state index contributed by atoms with van der Waals surface area (Å²) in [5, 5.41) is 11.6. The first-order valence-corrected chi connectivity index (χ1v) is 8.14. The lowest BCUT2D eigenvalue weighted by atomic mass is 10.1. The first-order valence-electron chi connectivity index (χ1n) is 7.76. The topological polar surface area (TPSA) is 67.0 Å². The molecule has 0 atom stereocenters. The number of aromatic nitrogens is 2. The van der Waals surface area contributed by atoms with Gasteiger partial charge in [-0.3, -0.25) is 9.89 Å². The molecule has 1 amide bonds. The molecule has 0 unspecified atom stereocenters. The van der Waals surface area contributed by atoms with Gasteiger partial charge in [-0.1, -0.05) is 17.7 Å². The van der Waals surface area contributed by atoms with Crippen LogP contribution in [0.15, 0.2) is 42.6 Å². The number of rotatable bonds is 4. The molecule has 0 radical (unpaired) electrons. The van der Waals surface area contributed by atoms with Crippen molar-refractivity contribution in [3.63, 3.8) is 0 Å². The van der Waals surface area contributed by atoms with E-state index in [4.69, 9.17) is 16.3 Å². The normalized spacial score (nSPS) is 15.2. The molecule has 24 heavy (non-hydrogen) atoms. The summed E-state index contributed by atoms with van der Waals surface area (Å²) < 4.78 is 5.92. The summed E-state index contributed by atoms with van der Waals surface area (Å²) >= 11 is 5.88. The summed E-state index contributed by atoms with van der Waals surface area (Å²) in [6.45, 7) is 2.01. The Morgan fingerprint density at radius 2 is 2.00 bits per heavy atom. The zero-order valence-corrected chi connectivity index (χ0v) is 13.9. The molecule has 0 aliphatic heterocycles. The summed E-state index contributed by atoms with van der Waals surface area (Å²) in [6, 6.07) is 10.9. The van der Waals surface area contributed by atoms with Crippen LogP contribution in [-0.2, 0) is 4.79 Å². The van der Waals surface area contributed by atoms with Gasteiger partial charge in [0, 0.05) is 23.3 Å². The van der Waals surface area contributed by atoms with Gasteiger partial charge in [-0.05, 0) is 42.8 Å². The van der Waals surface area contributed by atoms with Gasteiger partial charge >= 0.3 is 0 Å². The number of hydrogen-bond acceptors (Lipinski definition) is 3. The minimum Gasteiger partial charge on any atom is -0.477 e. The van der Waals surface area contributed by atoms with Gasteiger partial charge in [-0.15, -0.1) is 0 Å². The van der Waals surface area contributed by atoms with Crippen molar-refractivity contribution in [3.05, 3.63) is 53.2 Å². The number of ether oxygens (including phenoxy) is 1. The lowest BCUT2D eigenvalue weighted by molar-refractivity contribution is -0.124. The largest absolute Gasteiger partial charge is 0.477 e. The van der Waals surface area contributed by atoms with Crippen molar-refractivity contribution in [2.45, 2.75) is 25.4 Å². The number of H-pyrrole nitrogens is 1. The Bertz CT molecular complexity index is 914. The molecule has 1 aromatic heterocycles.